The molecule has 0 spiro atoms. The lowest BCUT2D eigenvalue weighted by molar-refractivity contribution is -0.127. The van der Waals surface area contributed by atoms with E-state index in [2.05, 4.69) is 26.1 Å². The Morgan fingerprint density at radius 3 is 2.29 bits per heavy atom. The summed E-state index contributed by atoms with van der Waals surface area (Å²) in [6.07, 6.45) is 2.17. The smallest absolute Gasteiger partial charge is 0.256 e. The minimum atomic E-state index is -0.153. The van der Waals surface area contributed by atoms with Gasteiger partial charge in [0, 0.05) is 23.7 Å². The van der Waals surface area contributed by atoms with Gasteiger partial charge in [-0.1, -0.05) is 45.0 Å². The molecule has 3 rings (SSSR count). The van der Waals surface area contributed by atoms with E-state index >= 15 is 0 Å². The van der Waals surface area contributed by atoms with Crippen LogP contribution in [-0.4, -0.2) is 35.6 Å². The lowest BCUT2D eigenvalue weighted by atomic mass is 9.87. The monoisotopic (exact) mass is 396 g/mol. The molecule has 0 atom stereocenters. The van der Waals surface area contributed by atoms with E-state index < -0.39 is 0 Å². The number of nitrogens with zero attached hydrogens (tertiary/aromatic N) is 1. The molecule has 1 fully saturated rings. The summed E-state index contributed by atoms with van der Waals surface area (Å²) in [5.41, 5.74) is 2.67. The maximum Gasteiger partial charge on any atom is 0.256 e. The highest BCUT2D eigenvalue weighted by Gasteiger charge is 2.19. The molecule has 1 heterocycles. The molecule has 0 aromatic heterocycles. The average Bonchev–Trinajstić information content (AvgIpc) is 3.21. The van der Waals surface area contributed by atoms with E-state index in [1.165, 1.54) is 17.3 Å². The molecule has 28 heavy (non-hydrogen) atoms. The Labute approximate surface area is 171 Å². The predicted octanol–water partition coefficient (Wildman–Crippen LogP) is 4.95. The standard InChI is InChI=1S/C23H28N2O2S/c1-23(2,3)17-10-12-18(13-11-17)24-22(27)19-8-4-5-9-20(19)28-16-21(26)25-14-6-7-15-25/h4-5,8-13H,6-7,14-16H2,1-3H3,(H,24,27). The molecule has 4 nitrogen and oxygen atoms in total. The molecule has 0 bridgehead atoms. The number of likely N-dealkylation sites (tertiary alicyclic amines) is 1. The number of anilines is 1. The van der Waals surface area contributed by atoms with Gasteiger partial charge < -0.3 is 10.2 Å². The van der Waals surface area contributed by atoms with E-state index in [1.54, 1.807) is 0 Å². The molecule has 0 saturated carbocycles. The fourth-order valence-corrected chi connectivity index (χ4v) is 4.18. The summed E-state index contributed by atoms with van der Waals surface area (Å²) in [5, 5.41) is 2.97. The fraction of sp³-hybridized carbons (Fsp3) is 0.391. The maximum atomic E-state index is 12.8. The van der Waals surface area contributed by atoms with Crippen molar-refractivity contribution in [3.05, 3.63) is 59.7 Å². The van der Waals surface area contributed by atoms with Gasteiger partial charge in [-0.2, -0.15) is 0 Å². The lowest BCUT2D eigenvalue weighted by Gasteiger charge is -2.19. The Morgan fingerprint density at radius 2 is 1.64 bits per heavy atom. The fourth-order valence-electron chi connectivity index (χ4n) is 3.23. The Kier molecular flexibility index (Phi) is 6.45. The van der Waals surface area contributed by atoms with Crippen LogP contribution in [0, 0.1) is 0 Å². The van der Waals surface area contributed by atoms with Crippen molar-refractivity contribution in [2.75, 3.05) is 24.2 Å². The first-order chi connectivity index (χ1) is 13.3. The van der Waals surface area contributed by atoms with E-state index in [0.29, 0.717) is 11.3 Å². The first-order valence-corrected chi connectivity index (χ1v) is 10.7. The van der Waals surface area contributed by atoms with Crippen molar-refractivity contribution < 1.29 is 9.59 Å². The summed E-state index contributed by atoms with van der Waals surface area (Å²) in [7, 11) is 0. The molecule has 2 aromatic rings. The highest BCUT2D eigenvalue weighted by atomic mass is 32.2. The van der Waals surface area contributed by atoms with Crippen LogP contribution in [0.25, 0.3) is 0 Å². The van der Waals surface area contributed by atoms with Crippen LogP contribution in [0.2, 0.25) is 0 Å². The molecular formula is C23H28N2O2S. The number of benzene rings is 2. The van der Waals surface area contributed by atoms with Gasteiger partial charge in [0.1, 0.15) is 0 Å². The first kappa shape index (κ1) is 20.5. The van der Waals surface area contributed by atoms with Gasteiger partial charge in [0.05, 0.1) is 11.3 Å². The molecule has 0 radical (unpaired) electrons. The molecule has 1 N–H and O–H groups in total. The van der Waals surface area contributed by atoms with Crippen LogP contribution >= 0.6 is 11.8 Å². The largest absolute Gasteiger partial charge is 0.342 e. The summed E-state index contributed by atoms with van der Waals surface area (Å²) in [6, 6.07) is 15.4. The van der Waals surface area contributed by atoms with Crippen molar-refractivity contribution in [3.8, 4) is 0 Å². The Morgan fingerprint density at radius 1 is 1.00 bits per heavy atom. The second-order valence-electron chi connectivity index (χ2n) is 8.15. The van der Waals surface area contributed by atoms with Crippen LogP contribution in [-0.2, 0) is 10.2 Å². The summed E-state index contributed by atoms with van der Waals surface area (Å²) in [5.74, 6) is 0.362. The number of thioether (sulfide) groups is 1. The van der Waals surface area contributed by atoms with Crippen molar-refractivity contribution in [2.45, 2.75) is 43.9 Å². The maximum absolute atomic E-state index is 12.8. The Hall–Kier alpha value is -2.27. The third kappa shape index (κ3) is 5.16. The summed E-state index contributed by atoms with van der Waals surface area (Å²) >= 11 is 1.43. The third-order valence-electron chi connectivity index (χ3n) is 4.95. The molecule has 0 unspecified atom stereocenters. The molecule has 1 aliphatic heterocycles. The number of carbonyl (C=O) groups excluding carboxylic acids is 2. The van der Waals surface area contributed by atoms with Gasteiger partial charge in [0.15, 0.2) is 0 Å². The molecule has 1 aliphatic rings. The summed E-state index contributed by atoms with van der Waals surface area (Å²) in [6.45, 7) is 8.20. The van der Waals surface area contributed by atoms with Gasteiger partial charge in [-0.3, -0.25) is 9.59 Å². The molecule has 5 heteroatoms. The van der Waals surface area contributed by atoms with Crippen molar-refractivity contribution in [2.24, 2.45) is 0 Å². The SMILES string of the molecule is CC(C)(C)c1ccc(NC(=O)c2ccccc2SCC(=O)N2CCCC2)cc1. The van der Waals surface area contributed by atoms with Gasteiger partial charge >= 0.3 is 0 Å². The van der Waals surface area contributed by atoms with Crippen LogP contribution in [0.5, 0.6) is 0 Å². The molecule has 2 amide bonds. The van der Waals surface area contributed by atoms with Crippen LogP contribution in [0.4, 0.5) is 5.69 Å². The van der Waals surface area contributed by atoms with E-state index in [1.807, 2.05) is 53.4 Å². The van der Waals surface area contributed by atoms with E-state index in [9.17, 15) is 9.59 Å². The number of hydrogen-bond donors (Lipinski definition) is 1. The molecule has 0 aliphatic carbocycles. The molecular weight excluding hydrogens is 368 g/mol. The predicted molar refractivity (Wildman–Crippen MR) is 116 cm³/mol. The second kappa shape index (κ2) is 8.82. The van der Waals surface area contributed by atoms with Crippen LogP contribution in [0.3, 0.4) is 0 Å². The lowest BCUT2D eigenvalue weighted by Crippen LogP contribution is -2.29. The van der Waals surface area contributed by atoms with Gasteiger partial charge in [-0.25, -0.2) is 0 Å². The number of hydrogen-bond acceptors (Lipinski definition) is 3. The van der Waals surface area contributed by atoms with Crippen LogP contribution in [0.1, 0.15) is 49.5 Å². The van der Waals surface area contributed by atoms with Crippen molar-refractivity contribution in [3.63, 3.8) is 0 Å². The highest BCUT2D eigenvalue weighted by molar-refractivity contribution is 8.00. The summed E-state index contributed by atoms with van der Waals surface area (Å²) < 4.78 is 0. The average molecular weight is 397 g/mol. The Balaban J connectivity index is 1.66. The minimum Gasteiger partial charge on any atom is -0.342 e. The summed E-state index contributed by atoms with van der Waals surface area (Å²) in [4.78, 5) is 27.8. The zero-order valence-corrected chi connectivity index (χ0v) is 17.6. The van der Waals surface area contributed by atoms with Crippen molar-refractivity contribution in [1.29, 1.82) is 0 Å². The van der Waals surface area contributed by atoms with Crippen LogP contribution in [0.15, 0.2) is 53.4 Å². The minimum absolute atomic E-state index is 0.0770. The van der Waals surface area contributed by atoms with E-state index in [4.69, 9.17) is 0 Å². The zero-order valence-electron chi connectivity index (χ0n) is 16.8. The highest BCUT2D eigenvalue weighted by Crippen LogP contribution is 2.26. The first-order valence-electron chi connectivity index (χ1n) is 9.76. The van der Waals surface area contributed by atoms with Crippen LogP contribution < -0.4 is 5.32 Å². The normalized spacial score (nSPS) is 14.2. The second-order valence-corrected chi connectivity index (χ2v) is 9.17. The van der Waals surface area contributed by atoms with E-state index in [0.717, 1.165) is 36.5 Å². The van der Waals surface area contributed by atoms with Crippen molar-refractivity contribution in [1.82, 2.24) is 4.90 Å². The van der Waals surface area contributed by atoms with Gasteiger partial charge in [0.25, 0.3) is 5.91 Å². The molecule has 1 saturated heterocycles. The van der Waals surface area contributed by atoms with Gasteiger partial charge in [-0.15, -0.1) is 11.8 Å². The zero-order chi connectivity index (χ0) is 20.1. The Bertz CT molecular complexity index is 834. The van der Waals surface area contributed by atoms with Gasteiger partial charge in [-0.05, 0) is 48.1 Å². The third-order valence-corrected chi connectivity index (χ3v) is 6.01. The van der Waals surface area contributed by atoms with E-state index in [-0.39, 0.29) is 17.2 Å². The van der Waals surface area contributed by atoms with Gasteiger partial charge in [0.2, 0.25) is 5.91 Å². The molecule has 2 aromatic carbocycles. The topological polar surface area (TPSA) is 49.4 Å². The number of amides is 2. The molecule has 148 valence electrons. The number of carbonyl (C=O) groups is 2. The quantitative estimate of drug-likeness (QED) is 0.728. The van der Waals surface area contributed by atoms with Crippen molar-refractivity contribution >= 4 is 29.3 Å². The number of nitrogens with one attached hydrogen (secondary N) is 1. The number of rotatable bonds is 5.